The molecule has 2 heterocycles. The highest BCUT2D eigenvalue weighted by Crippen LogP contribution is 2.33. The van der Waals surface area contributed by atoms with Crippen molar-refractivity contribution in [3.63, 3.8) is 0 Å². The van der Waals surface area contributed by atoms with E-state index in [1.807, 2.05) is 13.0 Å². The zero-order chi connectivity index (χ0) is 15.8. The van der Waals surface area contributed by atoms with Gasteiger partial charge in [0.25, 0.3) is 0 Å². The first kappa shape index (κ1) is 14.1. The summed E-state index contributed by atoms with van der Waals surface area (Å²) in [6, 6.07) is 6.45. The van der Waals surface area contributed by atoms with Crippen LogP contribution in [0.15, 0.2) is 24.3 Å². The Morgan fingerprint density at radius 2 is 2.00 bits per heavy atom. The number of halogens is 1. The average Bonchev–Trinajstić information content (AvgIpc) is 3.17. The third-order valence-corrected chi connectivity index (χ3v) is 4.36. The van der Waals surface area contributed by atoms with E-state index in [-0.39, 0.29) is 5.82 Å². The number of fused-ring (bicyclic) bond motifs is 1. The van der Waals surface area contributed by atoms with Crippen molar-refractivity contribution >= 4 is 22.5 Å². The highest BCUT2D eigenvalue weighted by Gasteiger charge is 2.20. The van der Waals surface area contributed by atoms with E-state index in [0.29, 0.717) is 22.9 Å². The Balaban J connectivity index is 1.68. The lowest BCUT2D eigenvalue weighted by Gasteiger charge is -2.11. The molecule has 6 heteroatoms. The molecule has 2 N–H and O–H groups in total. The van der Waals surface area contributed by atoms with Gasteiger partial charge in [0.15, 0.2) is 5.82 Å². The third kappa shape index (κ3) is 2.76. The third-order valence-electron chi connectivity index (χ3n) is 4.36. The van der Waals surface area contributed by atoms with Gasteiger partial charge in [0.2, 0.25) is 0 Å². The number of anilines is 2. The number of aromatic nitrogens is 4. The van der Waals surface area contributed by atoms with Gasteiger partial charge >= 0.3 is 0 Å². The highest BCUT2D eigenvalue weighted by molar-refractivity contribution is 5.91. The van der Waals surface area contributed by atoms with Crippen LogP contribution in [0.2, 0.25) is 0 Å². The van der Waals surface area contributed by atoms with Gasteiger partial charge in [-0.15, -0.1) is 0 Å². The van der Waals surface area contributed by atoms with Gasteiger partial charge in [-0.3, -0.25) is 5.10 Å². The molecule has 1 fully saturated rings. The Kier molecular flexibility index (Phi) is 3.44. The molecule has 1 aliphatic carbocycles. The summed E-state index contributed by atoms with van der Waals surface area (Å²) in [5, 5.41) is 11.0. The van der Waals surface area contributed by atoms with E-state index in [0.717, 1.165) is 29.9 Å². The first-order chi connectivity index (χ1) is 11.2. The Hall–Kier alpha value is -2.50. The van der Waals surface area contributed by atoms with Gasteiger partial charge < -0.3 is 5.32 Å². The largest absolute Gasteiger partial charge is 0.323 e. The average molecular weight is 311 g/mol. The summed E-state index contributed by atoms with van der Waals surface area (Å²) in [7, 11) is 0. The van der Waals surface area contributed by atoms with Crippen LogP contribution in [0.3, 0.4) is 0 Å². The molecule has 0 aliphatic heterocycles. The molecule has 1 aliphatic rings. The molecule has 0 unspecified atom stereocenters. The first-order valence-corrected chi connectivity index (χ1v) is 7.95. The molecule has 0 bridgehead atoms. The first-order valence-electron chi connectivity index (χ1n) is 7.95. The summed E-state index contributed by atoms with van der Waals surface area (Å²) in [6.07, 6.45) is 4.79. The SMILES string of the molecule is Cc1cc(Nc2n[nH]c3ccc(F)cc23)nc(C2CCCC2)n1. The molecule has 3 aromatic rings. The maximum Gasteiger partial charge on any atom is 0.161 e. The van der Waals surface area contributed by atoms with Crippen molar-refractivity contribution in [1.82, 2.24) is 20.2 Å². The van der Waals surface area contributed by atoms with E-state index in [1.54, 1.807) is 6.07 Å². The van der Waals surface area contributed by atoms with Crippen molar-refractivity contribution in [2.24, 2.45) is 0 Å². The van der Waals surface area contributed by atoms with Gasteiger partial charge in [-0.25, -0.2) is 14.4 Å². The zero-order valence-corrected chi connectivity index (χ0v) is 12.9. The summed E-state index contributed by atoms with van der Waals surface area (Å²) in [5.41, 5.74) is 1.71. The van der Waals surface area contributed by atoms with Gasteiger partial charge in [-0.1, -0.05) is 12.8 Å². The van der Waals surface area contributed by atoms with Crippen LogP contribution in [0.4, 0.5) is 16.0 Å². The van der Waals surface area contributed by atoms with Crippen LogP contribution in [0, 0.1) is 12.7 Å². The van der Waals surface area contributed by atoms with Crippen molar-refractivity contribution in [1.29, 1.82) is 0 Å². The van der Waals surface area contributed by atoms with Crippen LogP contribution in [-0.2, 0) is 0 Å². The number of nitrogens with zero attached hydrogens (tertiary/aromatic N) is 3. The molecule has 2 aromatic heterocycles. The maximum atomic E-state index is 13.5. The van der Waals surface area contributed by atoms with Gasteiger partial charge in [0.1, 0.15) is 17.5 Å². The van der Waals surface area contributed by atoms with Crippen molar-refractivity contribution < 1.29 is 4.39 Å². The van der Waals surface area contributed by atoms with Crippen LogP contribution in [0.5, 0.6) is 0 Å². The second-order valence-corrected chi connectivity index (χ2v) is 6.12. The van der Waals surface area contributed by atoms with Crippen molar-refractivity contribution in [3.05, 3.63) is 41.6 Å². The Morgan fingerprint density at radius 1 is 1.17 bits per heavy atom. The molecular weight excluding hydrogens is 293 g/mol. The molecule has 4 rings (SSSR count). The quantitative estimate of drug-likeness (QED) is 0.760. The van der Waals surface area contributed by atoms with Crippen LogP contribution in [0.1, 0.15) is 43.1 Å². The van der Waals surface area contributed by atoms with Crippen molar-refractivity contribution in [2.75, 3.05) is 5.32 Å². The number of aryl methyl sites for hydroxylation is 1. The number of hydrogen-bond donors (Lipinski definition) is 2. The number of rotatable bonds is 3. The minimum absolute atomic E-state index is 0.285. The van der Waals surface area contributed by atoms with Crippen LogP contribution < -0.4 is 5.32 Å². The maximum absolute atomic E-state index is 13.5. The Bertz CT molecular complexity index is 851. The molecule has 0 radical (unpaired) electrons. The van der Waals surface area contributed by atoms with Crippen LogP contribution >= 0.6 is 0 Å². The normalized spacial score (nSPS) is 15.4. The van der Waals surface area contributed by atoms with E-state index >= 15 is 0 Å². The molecule has 0 spiro atoms. The summed E-state index contributed by atoms with van der Waals surface area (Å²) in [4.78, 5) is 9.23. The van der Waals surface area contributed by atoms with Gasteiger partial charge in [-0.2, -0.15) is 5.10 Å². The number of H-pyrrole nitrogens is 1. The molecule has 118 valence electrons. The van der Waals surface area contributed by atoms with Gasteiger partial charge in [0, 0.05) is 23.1 Å². The molecular formula is C17H18FN5. The van der Waals surface area contributed by atoms with Crippen LogP contribution in [0.25, 0.3) is 10.9 Å². The molecule has 0 amide bonds. The summed E-state index contributed by atoms with van der Waals surface area (Å²) in [5.74, 6) is 2.35. The lowest BCUT2D eigenvalue weighted by molar-refractivity contribution is 0.630. The van der Waals surface area contributed by atoms with Crippen molar-refractivity contribution in [2.45, 2.75) is 38.5 Å². The fourth-order valence-electron chi connectivity index (χ4n) is 3.22. The Labute approximate surface area is 133 Å². The van der Waals surface area contributed by atoms with Gasteiger partial charge in [0.05, 0.1) is 5.52 Å². The minimum atomic E-state index is -0.285. The Morgan fingerprint density at radius 3 is 2.83 bits per heavy atom. The fraction of sp³-hybridized carbons (Fsp3) is 0.353. The molecule has 1 aromatic carbocycles. The highest BCUT2D eigenvalue weighted by atomic mass is 19.1. The second-order valence-electron chi connectivity index (χ2n) is 6.12. The lowest BCUT2D eigenvalue weighted by atomic mass is 10.1. The summed E-state index contributed by atoms with van der Waals surface area (Å²) >= 11 is 0. The number of aromatic amines is 1. The molecule has 5 nitrogen and oxygen atoms in total. The monoisotopic (exact) mass is 311 g/mol. The van der Waals surface area contributed by atoms with Crippen molar-refractivity contribution in [3.8, 4) is 0 Å². The van der Waals surface area contributed by atoms with Crippen LogP contribution in [-0.4, -0.2) is 20.2 Å². The molecule has 1 saturated carbocycles. The molecule has 0 saturated heterocycles. The van der Waals surface area contributed by atoms with Gasteiger partial charge in [-0.05, 0) is 38.0 Å². The zero-order valence-electron chi connectivity index (χ0n) is 12.9. The predicted molar refractivity (Wildman–Crippen MR) is 87.3 cm³/mol. The lowest BCUT2D eigenvalue weighted by Crippen LogP contribution is -2.05. The smallest absolute Gasteiger partial charge is 0.161 e. The second kappa shape index (κ2) is 5.61. The number of nitrogens with one attached hydrogen (secondary N) is 2. The topological polar surface area (TPSA) is 66.5 Å². The molecule has 23 heavy (non-hydrogen) atoms. The number of hydrogen-bond acceptors (Lipinski definition) is 4. The standard InChI is InChI=1S/C17H18FN5/c1-10-8-15(20-16(19-10)11-4-2-3-5-11)21-17-13-9-12(18)6-7-14(13)22-23-17/h6-9,11H,2-5H2,1H3,(H2,19,20,21,22,23). The van der Waals surface area contributed by atoms with E-state index in [9.17, 15) is 4.39 Å². The van der Waals surface area contributed by atoms with E-state index < -0.39 is 0 Å². The van der Waals surface area contributed by atoms with E-state index in [1.165, 1.54) is 25.0 Å². The number of benzene rings is 1. The van der Waals surface area contributed by atoms with E-state index in [2.05, 4.69) is 25.5 Å². The van der Waals surface area contributed by atoms with E-state index in [4.69, 9.17) is 0 Å². The molecule has 0 atom stereocenters. The predicted octanol–water partition coefficient (Wildman–Crippen LogP) is 4.20. The summed E-state index contributed by atoms with van der Waals surface area (Å²) < 4.78 is 13.5. The summed E-state index contributed by atoms with van der Waals surface area (Å²) in [6.45, 7) is 1.97. The minimum Gasteiger partial charge on any atom is -0.323 e. The fourth-order valence-corrected chi connectivity index (χ4v) is 3.22.